The molecule has 0 bridgehead atoms. The van der Waals surface area contributed by atoms with Crippen molar-refractivity contribution in [3.8, 4) is 0 Å². The standard InChI is InChI=1S/C12H22N4/c1-4-5-7-13-11-6-8-14-12(16-11)15-9-10(2)3/h6,8,10H,4-5,7,9H2,1-3H3,(H2,13,14,15,16). The lowest BCUT2D eigenvalue weighted by Crippen LogP contribution is -2.11. The molecule has 1 heterocycles. The Hall–Kier alpha value is -1.32. The molecule has 0 fully saturated rings. The van der Waals surface area contributed by atoms with Crippen LogP contribution in [0.5, 0.6) is 0 Å². The summed E-state index contributed by atoms with van der Waals surface area (Å²) in [6.45, 7) is 8.37. The molecule has 0 radical (unpaired) electrons. The van der Waals surface area contributed by atoms with E-state index in [1.165, 1.54) is 12.8 Å². The first-order chi connectivity index (χ1) is 7.72. The van der Waals surface area contributed by atoms with E-state index in [9.17, 15) is 0 Å². The molecule has 4 heteroatoms. The Kier molecular flexibility index (Phi) is 5.61. The summed E-state index contributed by atoms with van der Waals surface area (Å²) in [4.78, 5) is 8.56. The van der Waals surface area contributed by atoms with Crippen LogP contribution in [-0.4, -0.2) is 23.1 Å². The summed E-state index contributed by atoms with van der Waals surface area (Å²) < 4.78 is 0. The van der Waals surface area contributed by atoms with Crippen molar-refractivity contribution in [3.05, 3.63) is 12.3 Å². The first-order valence-corrected chi connectivity index (χ1v) is 6.03. The number of hydrogen-bond acceptors (Lipinski definition) is 4. The van der Waals surface area contributed by atoms with E-state index < -0.39 is 0 Å². The second-order valence-electron chi connectivity index (χ2n) is 4.32. The van der Waals surface area contributed by atoms with Gasteiger partial charge in [0.1, 0.15) is 5.82 Å². The van der Waals surface area contributed by atoms with Crippen molar-refractivity contribution in [2.75, 3.05) is 23.7 Å². The molecule has 0 spiro atoms. The molecule has 0 saturated carbocycles. The van der Waals surface area contributed by atoms with Gasteiger partial charge in [0.25, 0.3) is 0 Å². The minimum Gasteiger partial charge on any atom is -0.370 e. The van der Waals surface area contributed by atoms with Crippen molar-refractivity contribution in [1.29, 1.82) is 0 Å². The molecule has 0 aliphatic heterocycles. The van der Waals surface area contributed by atoms with E-state index in [1.54, 1.807) is 6.20 Å². The minimum absolute atomic E-state index is 0.598. The number of hydrogen-bond donors (Lipinski definition) is 2. The molecular weight excluding hydrogens is 200 g/mol. The van der Waals surface area contributed by atoms with Gasteiger partial charge in [0.05, 0.1) is 0 Å². The van der Waals surface area contributed by atoms with E-state index in [4.69, 9.17) is 0 Å². The normalized spacial score (nSPS) is 10.5. The number of rotatable bonds is 7. The highest BCUT2D eigenvalue weighted by molar-refractivity contribution is 5.39. The Labute approximate surface area is 97.9 Å². The summed E-state index contributed by atoms with van der Waals surface area (Å²) in [6.07, 6.45) is 4.14. The lowest BCUT2D eigenvalue weighted by Gasteiger charge is -2.09. The zero-order chi connectivity index (χ0) is 11.8. The second kappa shape index (κ2) is 7.04. The molecule has 2 N–H and O–H groups in total. The van der Waals surface area contributed by atoms with Gasteiger partial charge in [-0.25, -0.2) is 4.98 Å². The number of anilines is 2. The van der Waals surface area contributed by atoms with E-state index in [0.717, 1.165) is 18.9 Å². The number of nitrogens with zero attached hydrogens (tertiary/aromatic N) is 2. The molecule has 0 saturated heterocycles. The average molecular weight is 222 g/mol. The van der Waals surface area contributed by atoms with E-state index in [-0.39, 0.29) is 0 Å². The van der Waals surface area contributed by atoms with E-state index >= 15 is 0 Å². The molecule has 0 amide bonds. The topological polar surface area (TPSA) is 49.8 Å². The number of unbranched alkanes of at least 4 members (excludes halogenated alkanes) is 1. The van der Waals surface area contributed by atoms with Crippen LogP contribution < -0.4 is 10.6 Å². The summed E-state index contributed by atoms with van der Waals surface area (Å²) in [5.74, 6) is 2.20. The Morgan fingerprint density at radius 2 is 2.12 bits per heavy atom. The Bertz CT molecular complexity index is 299. The SMILES string of the molecule is CCCCNc1ccnc(NCC(C)C)n1. The molecule has 16 heavy (non-hydrogen) atoms. The maximum Gasteiger partial charge on any atom is 0.224 e. The molecule has 0 aromatic carbocycles. The van der Waals surface area contributed by atoms with Gasteiger partial charge < -0.3 is 10.6 Å². The van der Waals surface area contributed by atoms with Gasteiger partial charge in [-0.3, -0.25) is 0 Å². The minimum atomic E-state index is 0.598. The van der Waals surface area contributed by atoms with Crippen LogP contribution in [0.2, 0.25) is 0 Å². The smallest absolute Gasteiger partial charge is 0.224 e. The molecule has 90 valence electrons. The van der Waals surface area contributed by atoms with Gasteiger partial charge in [0.2, 0.25) is 5.95 Å². The van der Waals surface area contributed by atoms with Crippen molar-refractivity contribution in [1.82, 2.24) is 9.97 Å². The molecule has 0 atom stereocenters. The third-order valence-corrected chi connectivity index (χ3v) is 2.16. The fraction of sp³-hybridized carbons (Fsp3) is 0.667. The number of aromatic nitrogens is 2. The fourth-order valence-corrected chi connectivity index (χ4v) is 1.23. The first kappa shape index (κ1) is 12.7. The van der Waals surface area contributed by atoms with Gasteiger partial charge in [-0.1, -0.05) is 27.2 Å². The average Bonchev–Trinajstić information content (AvgIpc) is 2.27. The van der Waals surface area contributed by atoms with Gasteiger partial charge in [-0.2, -0.15) is 4.98 Å². The van der Waals surface area contributed by atoms with Crippen molar-refractivity contribution in [3.63, 3.8) is 0 Å². The highest BCUT2D eigenvalue weighted by atomic mass is 15.1. The predicted octanol–water partition coefficient (Wildman–Crippen LogP) is 2.76. The van der Waals surface area contributed by atoms with Crippen LogP contribution in [-0.2, 0) is 0 Å². The predicted molar refractivity (Wildman–Crippen MR) is 68.8 cm³/mol. The van der Waals surface area contributed by atoms with Gasteiger partial charge in [0.15, 0.2) is 0 Å². The van der Waals surface area contributed by atoms with Crippen LogP contribution in [0.4, 0.5) is 11.8 Å². The van der Waals surface area contributed by atoms with Crippen molar-refractivity contribution < 1.29 is 0 Å². The molecular formula is C12H22N4. The lowest BCUT2D eigenvalue weighted by atomic mass is 10.2. The first-order valence-electron chi connectivity index (χ1n) is 6.03. The summed E-state index contributed by atoms with van der Waals surface area (Å²) >= 11 is 0. The Morgan fingerprint density at radius 1 is 1.31 bits per heavy atom. The molecule has 0 aliphatic rings. The third-order valence-electron chi connectivity index (χ3n) is 2.16. The third kappa shape index (κ3) is 4.96. The highest BCUT2D eigenvalue weighted by Crippen LogP contribution is 2.06. The van der Waals surface area contributed by atoms with Gasteiger partial charge in [0, 0.05) is 19.3 Å². The molecule has 0 aliphatic carbocycles. The number of nitrogens with one attached hydrogen (secondary N) is 2. The second-order valence-corrected chi connectivity index (χ2v) is 4.32. The zero-order valence-electron chi connectivity index (χ0n) is 10.5. The summed E-state index contributed by atoms with van der Waals surface area (Å²) in [5.41, 5.74) is 0. The molecule has 0 unspecified atom stereocenters. The molecule has 1 aromatic heterocycles. The van der Waals surface area contributed by atoms with Crippen LogP contribution in [0.25, 0.3) is 0 Å². The molecule has 4 nitrogen and oxygen atoms in total. The Morgan fingerprint density at radius 3 is 2.81 bits per heavy atom. The summed E-state index contributed by atoms with van der Waals surface area (Å²) in [5, 5.41) is 6.50. The monoisotopic (exact) mass is 222 g/mol. The van der Waals surface area contributed by atoms with Crippen LogP contribution in [0.15, 0.2) is 12.3 Å². The maximum absolute atomic E-state index is 4.38. The van der Waals surface area contributed by atoms with E-state index in [1.807, 2.05) is 6.07 Å². The Balaban J connectivity index is 2.43. The lowest BCUT2D eigenvalue weighted by molar-refractivity contribution is 0.684. The van der Waals surface area contributed by atoms with Gasteiger partial charge in [-0.05, 0) is 18.4 Å². The van der Waals surface area contributed by atoms with Crippen LogP contribution >= 0.6 is 0 Å². The summed E-state index contributed by atoms with van der Waals surface area (Å²) in [6, 6.07) is 1.90. The van der Waals surface area contributed by atoms with E-state index in [0.29, 0.717) is 11.9 Å². The highest BCUT2D eigenvalue weighted by Gasteiger charge is 1.99. The van der Waals surface area contributed by atoms with E-state index in [2.05, 4.69) is 41.4 Å². The van der Waals surface area contributed by atoms with Crippen molar-refractivity contribution in [2.24, 2.45) is 5.92 Å². The maximum atomic E-state index is 4.38. The van der Waals surface area contributed by atoms with Crippen molar-refractivity contribution in [2.45, 2.75) is 33.6 Å². The largest absolute Gasteiger partial charge is 0.370 e. The fourth-order valence-electron chi connectivity index (χ4n) is 1.23. The quantitative estimate of drug-likeness (QED) is 0.696. The van der Waals surface area contributed by atoms with Crippen molar-refractivity contribution >= 4 is 11.8 Å². The summed E-state index contributed by atoms with van der Waals surface area (Å²) in [7, 11) is 0. The van der Waals surface area contributed by atoms with Crippen LogP contribution in [0.1, 0.15) is 33.6 Å². The van der Waals surface area contributed by atoms with Gasteiger partial charge >= 0.3 is 0 Å². The molecule has 1 rings (SSSR count). The molecule has 1 aromatic rings. The van der Waals surface area contributed by atoms with Crippen LogP contribution in [0.3, 0.4) is 0 Å². The van der Waals surface area contributed by atoms with Crippen LogP contribution in [0, 0.1) is 5.92 Å². The zero-order valence-corrected chi connectivity index (χ0v) is 10.5. The van der Waals surface area contributed by atoms with Gasteiger partial charge in [-0.15, -0.1) is 0 Å².